The summed E-state index contributed by atoms with van der Waals surface area (Å²) in [7, 11) is 0. The summed E-state index contributed by atoms with van der Waals surface area (Å²) in [6.07, 6.45) is 3.96. The van der Waals surface area contributed by atoms with Crippen LogP contribution in [-0.2, 0) is 5.54 Å². The molecule has 4 heteroatoms. The molecule has 2 aromatic rings. The second-order valence-electron chi connectivity index (χ2n) is 4.25. The first-order chi connectivity index (χ1) is 7.71. The van der Waals surface area contributed by atoms with Crippen LogP contribution in [0.25, 0.3) is 5.69 Å². The van der Waals surface area contributed by atoms with Crippen molar-refractivity contribution in [1.82, 2.24) is 9.78 Å². The average molecular weight is 278 g/mol. The zero-order valence-electron chi connectivity index (χ0n) is 8.73. The molecule has 0 atom stereocenters. The summed E-state index contributed by atoms with van der Waals surface area (Å²) < 4.78 is 2.85. The van der Waals surface area contributed by atoms with Crippen molar-refractivity contribution in [2.75, 3.05) is 0 Å². The number of rotatable bonds is 2. The topological polar surface area (TPSA) is 43.8 Å². The fourth-order valence-corrected chi connectivity index (χ4v) is 2.61. The lowest BCUT2D eigenvalue weighted by molar-refractivity contribution is 0.733. The van der Waals surface area contributed by atoms with Crippen LogP contribution >= 0.6 is 15.9 Å². The number of hydrogen-bond donors (Lipinski definition) is 1. The molecule has 3 nitrogen and oxygen atoms in total. The molecular formula is C12H12BrN3. The molecule has 16 heavy (non-hydrogen) atoms. The summed E-state index contributed by atoms with van der Waals surface area (Å²) in [6, 6.07) is 10.0. The van der Waals surface area contributed by atoms with Gasteiger partial charge in [-0.1, -0.05) is 18.2 Å². The molecule has 1 aliphatic rings. The van der Waals surface area contributed by atoms with Crippen molar-refractivity contribution >= 4 is 15.9 Å². The first-order valence-electron chi connectivity index (χ1n) is 5.29. The van der Waals surface area contributed by atoms with E-state index in [2.05, 4.69) is 21.0 Å². The van der Waals surface area contributed by atoms with Crippen LogP contribution in [0.15, 0.2) is 41.1 Å². The third-order valence-corrected chi connectivity index (χ3v) is 3.80. The van der Waals surface area contributed by atoms with E-state index in [1.54, 1.807) is 0 Å². The highest BCUT2D eigenvalue weighted by molar-refractivity contribution is 9.10. The fraction of sp³-hybridized carbons (Fsp3) is 0.250. The Morgan fingerprint density at radius 1 is 1.25 bits per heavy atom. The number of halogens is 1. The van der Waals surface area contributed by atoms with E-state index in [-0.39, 0.29) is 5.54 Å². The minimum atomic E-state index is -0.147. The Balaban J connectivity index is 2.07. The first-order valence-corrected chi connectivity index (χ1v) is 6.08. The molecule has 1 aromatic carbocycles. The first kappa shape index (κ1) is 10.1. The van der Waals surface area contributed by atoms with Crippen LogP contribution in [0.3, 0.4) is 0 Å². The lowest BCUT2D eigenvalue weighted by atomic mass is 10.1. The molecule has 0 amide bonds. The van der Waals surface area contributed by atoms with Crippen molar-refractivity contribution in [2.45, 2.75) is 18.4 Å². The molecule has 1 fully saturated rings. The Labute approximate surface area is 102 Å². The van der Waals surface area contributed by atoms with Crippen molar-refractivity contribution in [3.8, 4) is 5.69 Å². The minimum absolute atomic E-state index is 0.147. The number of nitrogens with zero attached hydrogens (tertiary/aromatic N) is 2. The van der Waals surface area contributed by atoms with Gasteiger partial charge in [-0.05, 0) is 40.9 Å². The van der Waals surface area contributed by atoms with Crippen molar-refractivity contribution in [3.63, 3.8) is 0 Å². The summed E-state index contributed by atoms with van der Waals surface area (Å²) in [5.74, 6) is 0. The quantitative estimate of drug-likeness (QED) is 0.917. The molecule has 2 N–H and O–H groups in total. The molecule has 3 rings (SSSR count). The van der Waals surface area contributed by atoms with Gasteiger partial charge in [-0.25, -0.2) is 4.68 Å². The van der Waals surface area contributed by atoms with E-state index in [0.717, 1.165) is 28.7 Å². The highest BCUT2D eigenvalue weighted by atomic mass is 79.9. The van der Waals surface area contributed by atoms with E-state index in [0.29, 0.717) is 0 Å². The standard InChI is InChI=1S/C12H12BrN3/c13-11-10(12(14)6-7-12)8-15-16(11)9-4-2-1-3-5-9/h1-5,8H,6-7,14H2. The third kappa shape index (κ3) is 1.49. The average Bonchev–Trinajstić information content (AvgIpc) is 2.91. The van der Waals surface area contributed by atoms with Gasteiger partial charge in [-0.3, -0.25) is 0 Å². The molecule has 82 valence electrons. The number of benzene rings is 1. The van der Waals surface area contributed by atoms with Crippen molar-refractivity contribution in [3.05, 3.63) is 46.7 Å². The summed E-state index contributed by atoms with van der Waals surface area (Å²) in [4.78, 5) is 0. The smallest absolute Gasteiger partial charge is 0.114 e. The van der Waals surface area contributed by atoms with Crippen LogP contribution in [0.4, 0.5) is 0 Å². The van der Waals surface area contributed by atoms with Gasteiger partial charge in [0.2, 0.25) is 0 Å². The SMILES string of the molecule is NC1(c2cnn(-c3ccccc3)c2Br)CC1. The van der Waals surface area contributed by atoms with Crippen LogP contribution in [0.2, 0.25) is 0 Å². The van der Waals surface area contributed by atoms with Gasteiger partial charge in [0.1, 0.15) is 4.60 Å². The normalized spacial score (nSPS) is 17.4. The molecular weight excluding hydrogens is 266 g/mol. The van der Waals surface area contributed by atoms with Gasteiger partial charge in [0.25, 0.3) is 0 Å². The maximum absolute atomic E-state index is 6.18. The van der Waals surface area contributed by atoms with Crippen LogP contribution < -0.4 is 5.73 Å². The predicted octanol–water partition coefficient (Wildman–Crippen LogP) is 2.58. The summed E-state index contributed by atoms with van der Waals surface area (Å²) in [5.41, 5.74) is 8.18. The van der Waals surface area contributed by atoms with E-state index >= 15 is 0 Å². The highest BCUT2D eigenvalue weighted by Gasteiger charge is 2.43. The third-order valence-electron chi connectivity index (χ3n) is 3.04. The number of hydrogen-bond acceptors (Lipinski definition) is 2. The van der Waals surface area contributed by atoms with Gasteiger partial charge in [0, 0.05) is 11.1 Å². The predicted molar refractivity (Wildman–Crippen MR) is 66.4 cm³/mol. The largest absolute Gasteiger partial charge is 0.321 e. The van der Waals surface area contributed by atoms with Gasteiger partial charge in [-0.2, -0.15) is 5.10 Å². The van der Waals surface area contributed by atoms with Crippen molar-refractivity contribution in [1.29, 1.82) is 0 Å². The van der Waals surface area contributed by atoms with E-state index in [9.17, 15) is 0 Å². The van der Waals surface area contributed by atoms with Crippen molar-refractivity contribution < 1.29 is 0 Å². The van der Waals surface area contributed by atoms with E-state index in [1.807, 2.05) is 41.2 Å². The molecule has 0 radical (unpaired) electrons. The molecule has 0 unspecified atom stereocenters. The number of aromatic nitrogens is 2. The maximum Gasteiger partial charge on any atom is 0.114 e. The highest BCUT2D eigenvalue weighted by Crippen LogP contribution is 2.45. The van der Waals surface area contributed by atoms with Crippen LogP contribution in [0.1, 0.15) is 18.4 Å². The van der Waals surface area contributed by atoms with Crippen LogP contribution in [0, 0.1) is 0 Å². The van der Waals surface area contributed by atoms with Crippen LogP contribution in [0.5, 0.6) is 0 Å². The van der Waals surface area contributed by atoms with Gasteiger partial charge in [0.15, 0.2) is 0 Å². The lowest BCUT2D eigenvalue weighted by Gasteiger charge is -2.07. The van der Waals surface area contributed by atoms with Crippen molar-refractivity contribution in [2.24, 2.45) is 5.73 Å². The van der Waals surface area contributed by atoms with Gasteiger partial charge in [0.05, 0.1) is 11.9 Å². The molecule has 1 aliphatic carbocycles. The van der Waals surface area contributed by atoms with Gasteiger partial charge >= 0.3 is 0 Å². The van der Waals surface area contributed by atoms with E-state index in [1.165, 1.54) is 0 Å². The molecule has 0 saturated heterocycles. The fourth-order valence-electron chi connectivity index (χ4n) is 1.82. The monoisotopic (exact) mass is 277 g/mol. The molecule has 0 aliphatic heterocycles. The second-order valence-corrected chi connectivity index (χ2v) is 5.00. The zero-order chi connectivity index (χ0) is 11.2. The molecule has 1 saturated carbocycles. The van der Waals surface area contributed by atoms with Gasteiger partial charge in [-0.15, -0.1) is 0 Å². The van der Waals surface area contributed by atoms with E-state index < -0.39 is 0 Å². The molecule has 0 bridgehead atoms. The Morgan fingerprint density at radius 3 is 2.56 bits per heavy atom. The maximum atomic E-state index is 6.18. The summed E-state index contributed by atoms with van der Waals surface area (Å²) in [5, 5.41) is 4.38. The van der Waals surface area contributed by atoms with Gasteiger partial charge < -0.3 is 5.73 Å². The second kappa shape index (κ2) is 3.43. The lowest BCUT2D eigenvalue weighted by Crippen LogP contribution is -2.18. The molecule has 1 heterocycles. The zero-order valence-corrected chi connectivity index (χ0v) is 10.3. The Hall–Kier alpha value is -1.13. The number of para-hydroxylation sites is 1. The van der Waals surface area contributed by atoms with Crippen LogP contribution in [-0.4, -0.2) is 9.78 Å². The minimum Gasteiger partial charge on any atom is -0.321 e. The summed E-state index contributed by atoms with van der Waals surface area (Å²) in [6.45, 7) is 0. The Bertz CT molecular complexity index is 514. The summed E-state index contributed by atoms with van der Waals surface area (Å²) >= 11 is 3.58. The molecule has 0 spiro atoms. The number of nitrogens with two attached hydrogens (primary N) is 1. The molecule has 1 aromatic heterocycles. The Kier molecular flexibility index (Phi) is 2.16. The Morgan fingerprint density at radius 2 is 1.94 bits per heavy atom. The van der Waals surface area contributed by atoms with E-state index in [4.69, 9.17) is 5.73 Å².